The molecule has 0 aliphatic rings. The van der Waals surface area contributed by atoms with E-state index in [9.17, 15) is 8.78 Å². The number of ether oxygens (including phenoxy) is 1. The third kappa shape index (κ3) is 1.71. The van der Waals surface area contributed by atoms with Gasteiger partial charge in [0.1, 0.15) is 11.4 Å². The van der Waals surface area contributed by atoms with E-state index in [0.29, 0.717) is 5.75 Å². The molecule has 0 bridgehead atoms. The first-order valence-electron chi connectivity index (χ1n) is 3.77. The van der Waals surface area contributed by atoms with Crippen molar-refractivity contribution in [2.45, 2.75) is 0 Å². The van der Waals surface area contributed by atoms with E-state index in [0.717, 1.165) is 6.07 Å². The molecule has 0 spiro atoms. The number of rotatable bonds is 2. The van der Waals surface area contributed by atoms with Crippen molar-refractivity contribution < 1.29 is 13.5 Å². The lowest BCUT2D eigenvalue weighted by Gasteiger charge is -2.17. The van der Waals surface area contributed by atoms with Crippen LogP contribution in [-0.4, -0.2) is 21.2 Å². The Morgan fingerprint density at radius 1 is 1.23 bits per heavy atom. The summed E-state index contributed by atoms with van der Waals surface area (Å²) in [6.07, 6.45) is 0. The van der Waals surface area contributed by atoms with E-state index in [1.807, 2.05) is 0 Å². The van der Waals surface area contributed by atoms with Crippen molar-refractivity contribution in [3.63, 3.8) is 0 Å². The van der Waals surface area contributed by atoms with Gasteiger partial charge in [0.15, 0.2) is 11.6 Å². The molecule has 0 heterocycles. The van der Waals surface area contributed by atoms with Gasteiger partial charge in [0.2, 0.25) is 0 Å². The highest BCUT2D eigenvalue weighted by Crippen LogP contribution is 2.30. The zero-order valence-corrected chi connectivity index (χ0v) is 7.77. The van der Waals surface area contributed by atoms with Crippen LogP contribution < -0.4 is 9.64 Å². The summed E-state index contributed by atoms with van der Waals surface area (Å²) in [6.45, 7) is 0. The number of halogens is 2. The predicted molar refractivity (Wildman–Crippen MR) is 47.2 cm³/mol. The van der Waals surface area contributed by atoms with E-state index in [1.54, 1.807) is 14.1 Å². The quantitative estimate of drug-likeness (QED) is 0.702. The molecule has 0 amide bonds. The predicted octanol–water partition coefficient (Wildman–Crippen LogP) is 2.04. The second-order valence-electron chi connectivity index (χ2n) is 2.81. The van der Waals surface area contributed by atoms with Crippen molar-refractivity contribution in [3.05, 3.63) is 23.8 Å². The molecule has 4 heteroatoms. The van der Waals surface area contributed by atoms with Gasteiger partial charge in [-0.15, -0.1) is 0 Å². The number of nitrogens with zero attached hydrogens (tertiary/aromatic N) is 1. The lowest BCUT2D eigenvalue weighted by molar-refractivity contribution is 0.407. The van der Waals surface area contributed by atoms with Gasteiger partial charge in [-0.1, -0.05) is 0 Å². The van der Waals surface area contributed by atoms with Crippen molar-refractivity contribution in [3.8, 4) is 5.75 Å². The Hall–Kier alpha value is -1.32. The Bertz CT molecular complexity index is 313. The fraction of sp³-hybridized carbons (Fsp3) is 0.333. The molecule has 0 unspecified atom stereocenters. The standard InChI is InChI=1S/C9H11F2NO/c1-12(2)9-7(13-3)5-4-6(10)8(9)11/h4-5H,1-3H3. The maximum absolute atomic E-state index is 13.2. The van der Waals surface area contributed by atoms with E-state index in [2.05, 4.69) is 0 Å². The van der Waals surface area contributed by atoms with Gasteiger partial charge in [0, 0.05) is 14.1 Å². The minimum atomic E-state index is -0.885. The van der Waals surface area contributed by atoms with Crippen LogP contribution in [0.4, 0.5) is 14.5 Å². The summed E-state index contributed by atoms with van der Waals surface area (Å²) in [5, 5.41) is 0. The van der Waals surface area contributed by atoms with Crippen LogP contribution in [-0.2, 0) is 0 Å². The normalized spacial score (nSPS) is 9.92. The minimum absolute atomic E-state index is 0.127. The first-order chi connectivity index (χ1) is 6.07. The van der Waals surface area contributed by atoms with Crippen LogP contribution >= 0.6 is 0 Å². The topological polar surface area (TPSA) is 12.5 Å². The van der Waals surface area contributed by atoms with Crippen LogP contribution in [0.2, 0.25) is 0 Å². The first kappa shape index (κ1) is 9.77. The van der Waals surface area contributed by atoms with E-state index in [-0.39, 0.29) is 5.69 Å². The first-order valence-corrected chi connectivity index (χ1v) is 3.77. The van der Waals surface area contributed by atoms with Gasteiger partial charge in [-0.25, -0.2) is 8.78 Å². The van der Waals surface area contributed by atoms with Crippen molar-refractivity contribution in [2.24, 2.45) is 0 Å². The maximum atomic E-state index is 13.2. The van der Waals surface area contributed by atoms with Crippen LogP contribution in [0.3, 0.4) is 0 Å². The van der Waals surface area contributed by atoms with E-state index < -0.39 is 11.6 Å². The second-order valence-corrected chi connectivity index (χ2v) is 2.81. The highest BCUT2D eigenvalue weighted by atomic mass is 19.2. The molecule has 1 aromatic carbocycles. The van der Waals surface area contributed by atoms with Gasteiger partial charge in [-0.2, -0.15) is 0 Å². The van der Waals surface area contributed by atoms with Gasteiger partial charge >= 0.3 is 0 Å². The monoisotopic (exact) mass is 187 g/mol. The smallest absolute Gasteiger partial charge is 0.185 e. The average molecular weight is 187 g/mol. The summed E-state index contributed by atoms with van der Waals surface area (Å²) < 4.78 is 30.9. The highest BCUT2D eigenvalue weighted by molar-refractivity contribution is 5.58. The summed E-state index contributed by atoms with van der Waals surface area (Å²) >= 11 is 0. The molecule has 1 rings (SSSR count). The van der Waals surface area contributed by atoms with Gasteiger partial charge in [0.05, 0.1) is 7.11 Å². The largest absolute Gasteiger partial charge is 0.494 e. The van der Waals surface area contributed by atoms with Crippen LogP contribution in [0.25, 0.3) is 0 Å². The molecule has 1 aromatic rings. The molecule has 13 heavy (non-hydrogen) atoms. The lowest BCUT2D eigenvalue weighted by Crippen LogP contribution is -2.13. The summed E-state index contributed by atoms with van der Waals surface area (Å²) in [4.78, 5) is 1.47. The third-order valence-electron chi connectivity index (χ3n) is 1.70. The number of methoxy groups -OCH3 is 1. The highest BCUT2D eigenvalue weighted by Gasteiger charge is 2.15. The zero-order chi connectivity index (χ0) is 10.0. The van der Waals surface area contributed by atoms with Gasteiger partial charge in [0.25, 0.3) is 0 Å². The minimum Gasteiger partial charge on any atom is -0.494 e. The Morgan fingerprint density at radius 3 is 2.31 bits per heavy atom. The van der Waals surface area contributed by atoms with Crippen molar-refractivity contribution in [1.29, 1.82) is 0 Å². The van der Waals surface area contributed by atoms with Gasteiger partial charge < -0.3 is 9.64 Å². The second kappa shape index (κ2) is 3.60. The molecular weight excluding hydrogens is 176 g/mol. The van der Waals surface area contributed by atoms with Gasteiger partial charge in [-0.05, 0) is 12.1 Å². The molecular formula is C9H11F2NO. The summed E-state index contributed by atoms with van der Waals surface area (Å²) in [6, 6.07) is 2.44. The molecule has 0 fully saturated rings. The molecule has 72 valence electrons. The molecule has 0 aliphatic carbocycles. The summed E-state index contributed by atoms with van der Waals surface area (Å²) in [5.74, 6) is -1.43. The zero-order valence-electron chi connectivity index (χ0n) is 7.77. The van der Waals surface area contributed by atoms with Crippen molar-refractivity contribution >= 4 is 5.69 Å². The third-order valence-corrected chi connectivity index (χ3v) is 1.70. The van der Waals surface area contributed by atoms with E-state index in [4.69, 9.17) is 4.74 Å². The number of benzene rings is 1. The summed E-state index contributed by atoms with van der Waals surface area (Å²) in [7, 11) is 4.67. The molecule has 0 atom stereocenters. The average Bonchev–Trinajstić information content (AvgIpc) is 2.08. The number of hydrogen-bond donors (Lipinski definition) is 0. The van der Waals surface area contributed by atoms with Crippen LogP contribution in [0.15, 0.2) is 12.1 Å². The number of hydrogen-bond acceptors (Lipinski definition) is 2. The van der Waals surface area contributed by atoms with E-state index >= 15 is 0 Å². The molecule has 0 aliphatic heterocycles. The fourth-order valence-corrected chi connectivity index (χ4v) is 1.10. The molecule has 2 nitrogen and oxygen atoms in total. The Labute approximate surface area is 75.7 Å². The van der Waals surface area contributed by atoms with Crippen LogP contribution in [0.5, 0.6) is 5.75 Å². The van der Waals surface area contributed by atoms with Crippen molar-refractivity contribution in [1.82, 2.24) is 0 Å². The Morgan fingerprint density at radius 2 is 1.85 bits per heavy atom. The molecule has 0 N–H and O–H groups in total. The molecule has 0 radical (unpaired) electrons. The molecule has 0 aromatic heterocycles. The van der Waals surface area contributed by atoms with Crippen LogP contribution in [0.1, 0.15) is 0 Å². The SMILES string of the molecule is COc1ccc(F)c(F)c1N(C)C. The molecule has 0 saturated carbocycles. The Kier molecular flexibility index (Phi) is 2.70. The van der Waals surface area contributed by atoms with Crippen molar-refractivity contribution in [2.75, 3.05) is 26.1 Å². The fourth-order valence-electron chi connectivity index (χ4n) is 1.10. The molecule has 0 saturated heterocycles. The van der Waals surface area contributed by atoms with Crippen LogP contribution in [0, 0.1) is 11.6 Å². The lowest BCUT2D eigenvalue weighted by atomic mass is 10.2. The Balaban J connectivity index is 3.32. The number of anilines is 1. The maximum Gasteiger partial charge on any atom is 0.185 e. The van der Waals surface area contributed by atoms with Gasteiger partial charge in [-0.3, -0.25) is 0 Å². The summed E-state index contributed by atoms with van der Waals surface area (Å²) in [5.41, 5.74) is 0.127. The van der Waals surface area contributed by atoms with E-state index in [1.165, 1.54) is 18.1 Å².